The van der Waals surface area contributed by atoms with Crippen LogP contribution in [0.4, 0.5) is 0 Å². The molecule has 1 aromatic rings. The summed E-state index contributed by atoms with van der Waals surface area (Å²) < 4.78 is 12.4. The molecule has 0 radical (unpaired) electrons. The van der Waals surface area contributed by atoms with Crippen LogP contribution in [0.15, 0.2) is 16.6 Å². The maximum atomic E-state index is 6.77. The molecule has 21 heavy (non-hydrogen) atoms. The SMILES string of the molecule is CCOc1cc(Br)c(C(Cl)C2CCCCC2)cc1OCC. The van der Waals surface area contributed by atoms with Crippen LogP contribution >= 0.6 is 27.5 Å². The Morgan fingerprint density at radius 1 is 1.10 bits per heavy atom. The molecule has 2 rings (SSSR count). The summed E-state index contributed by atoms with van der Waals surface area (Å²) in [4.78, 5) is 0. The minimum Gasteiger partial charge on any atom is -0.490 e. The van der Waals surface area contributed by atoms with Crippen molar-refractivity contribution in [2.24, 2.45) is 5.92 Å². The summed E-state index contributed by atoms with van der Waals surface area (Å²) in [5.74, 6) is 2.13. The van der Waals surface area contributed by atoms with E-state index in [1.165, 1.54) is 32.1 Å². The van der Waals surface area contributed by atoms with E-state index in [2.05, 4.69) is 15.9 Å². The molecule has 0 saturated heterocycles. The maximum Gasteiger partial charge on any atom is 0.162 e. The second-order valence-electron chi connectivity index (χ2n) is 5.49. The zero-order valence-corrected chi connectivity index (χ0v) is 15.2. The van der Waals surface area contributed by atoms with Gasteiger partial charge in [-0.1, -0.05) is 35.2 Å². The van der Waals surface area contributed by atoms with Gasteiger partial charge in [-0.2, -0.15) is 0 Å². The third-order valence-corrected chi connectivity index (χ3v) is 5.30. The van der Waals surface area contributed by atoms with Gasteiger partial charge >= 0.3 is 0 Å². The molecule has 0 amide bonds. The highest BCUT2D eigenvalue weighted by Gasteiger charge is 2.26. The number of halogens is 2. The maximum absolute atomic E-state index is 6.77. The zero-order valence-electron chi connectivity index (χ0n) is 12.8. The van der Waals surface area contributed by atoms with Gasteiger partial charge in [0.05, 0.1) is 18.6 Å². The van der Waals surface area contributed by atoms with Crippen molar-refractivity contribution >= 4 is 27.5 Å². The number of rotatable bonds is 6. The Morgan fingerprint density at radius 3 is 2.24 bits per heavy atom. The predicted octanol–water partition coefficient (Wildman–Crippen LogP) is 6.11. The molecule has 1 unspecified atom stereocenters. The van der Waals surface area contributed by atoms with Crippen molar-refractivity contribution < 1.29 is 9.47 Å². The number of hydrogen-bond acceptors (Lipinski definition) is 2. The van der Waals surface area contributed by atoms with Gasteiger partial charge in [0.15, 0.2) is 11.5 Å². The number of ether oxygens (including phenoxy) is 2. The van der Waals surface area contributed by atoms with Crippen LogP contribution in [0.3, 0.4) is 0 Å². The van der Waals surface area contributed by atoms with E-state index in [9.17, 15) is 0 Å². The average molecular weight is 376 g/mol. The molecule has 1 aromatic carbocycles. The first kappa shape index (κ1) is 17.0. The third kappa shape index (κ3) is 4.29. The highest BCUT2D eigenvalue weighted by molar-refractivity contribution is 9.10. The Labute approximate surface area is 141 Å². The predicted molar refractivity (Wildman–Crippen MR) is 91.6 cm³/mol. The molecule has 0 aliphatic heterocycles. The fourth-order valence-corrected chi connectivity index (χ4v) is 4.11. The summed E-state index contributed by atoms with van der Waals surface area (Å²) in [6.45, 7) is 5.21. The van der Waals surface area contributed by atoms with Crippen LogP contribution in [0, 0.1) is 5.92 Å². The van der Waals surface area contributed by atoms with Crippen molar-refractivity contribution in [3.63, 3.8) is 0 Å². The second kappa shape index (κ2) is 8.28. The summed E-state index contributed by atoms with van der Waals surface area (Å²) in [5, 5.41) is 0.0366. The van der Waals surface area contributed by atoms with Gasteiger partial charge in [0, 0.05) is 4.47 Å². The van der Waals surface area contributed by atoms with E-state index in [1.807, 2.05) is 26.0 Å². The molecule has 1 atom stereocenters. The first-order valence-corrected chi connectivity index (χ1v) is 9.13. The van der Waals surface area contributed by atoms with Gasteiger partial charge in [-0.3, -0.25) is 0 Å². The smallest absolute Gasteiger partial charge is 0.162 e. The Kier molecular flexibility index (Phi) is 6.69. The van der Waals surface area contributed by atoms with Crippen LogP contribution in [-0.2, 0) is 0 Å². The van der Waals surface area contributed by atoms with Gasteiger partial charge in [-0.25, -0.2) is 0 Å². The number of benzene rings is 1. The van der Waals surface area contributed by atoms with Crippen LogP contribution in [0.5, 0.6) is 11.5 Å². The van der Waals surface area contributed by atoms with Gasteiger partial charge in [0.1, 0.15) is 0 Å². The Balaban J connectivity index is 2.27. The zero-order chi connectivity index (χ0) is 15.2. The summed E-state index contributed by atoms with van der Waals surface area (Å²) in [7, 11) is 0. The quantitative estimate of drug-likeness (QED) is 0.559. The van der Waals surface area contributed by atoms with Crippen LogP contribution in [0.25, 0.3) is 0 Å². The van der Waals surface area contributed by atoms with E-state index < -0.39 is 0 Å². The summed E-state index contributed by atoms with van der Waals surface area (Å²) >= 11 is 10.4. The van der Waals surface area contributed by atoms with Crippen LogP contribution < -0.4 is 9.47 Å². The van der Waals surface area contributed by atoms with E-state index in [0.717, 1.165) is 21.5 Å². The normalized spacial score (nSPS) is 17.5. The molecule has 0 aromatic heterocycles. The largest absolute Gasteiger partial charge is 0.490 e. The number of hydrogen-bond donors (Lipinski definition) is 0. The molecule has 1 saturated carbocycles. The molecule has 118 valence electrons. The van der Waals surface area contributed by atoms with Gasteiger partial charge in [-0.05, 0) is 50.3 Å². The topological polar surface area (TPSA) is 18.5 Å². The van der Waals surface area contributed by atoms with Crippen molar-refractivity contribution in [1.82, 2.24) is 0 Å². The van der Waals surface area contributed by atoms with Crippen molar-refractivity contribution in [3.8, 4) is 11.5 Å². The fraction of sp³-hybridized carbons (Fsp3) is 0.647. The fourth-order valence-electron chi connectivity index (χ4n) is 2.98. The minimum absolute atomic E-state index is 0.0366. The first-order valence-electron chi connectivity index (χ1n) is 7.90. The molecular weight excluding hydrogens is 352 g/mol. The van der Waals surface area contributed by atoms with E-state index in [4.69, 9.17) is 21.1 Å². The molecule has 0 heterocycles. The summed E-state index contributed by atoms with van der Waals surface area (Å²) in [6.07, 6.45) is 6.37. The lowest BCUT2D eigenvalue weighted by Gasteiger charge is -2.27. The molecule has 0 bridgehead atoms. The molecule has 4 heteroatoms. The molecule has 0 spiro atoms. The molecule has 1 aliphatic carbocycles. The second-order valence-corrected chi connectivity index (χ2v) is 6.81. The lowest BCUT2D eigenvalue weighted by Crippen LogP contribution is -2.13. The molecular formula is C17H24BrClO2. The van der Waals surface area contributed by atoms with Gasteiger partial charge in [0.25, 0.3) is 0 Å². The highest BCUT2D eigenvalue weighted by Crippen LogP contribution is 2.44. The molecule has 1 aliphatic rings. The van der Waals surface area contributed by atoms with Gasteiger partial charge < -0.3 is 9.47 Å². The van der Waals surface area contributed by atoms with E-state index in [0.29, 0.717) is 19.1 Å². The first-order chi connectivity index (χ1) is 10.2. The van der Waals surface area contributed by atoms with Crippen LogP contribution in [0.1, 0.15) is 56.9 Å². The van der Waals surface area contributed by atoms with E-state index >= 15 is 0 Å². The van der Waals surface area contributed by atoms with E-state index in [1.54, 1.807) is 0 Å². The Morgan fingerprint density at radius 2 is 1.67 bits per heavy atom. The van der Waals surface area contributed by atoms with Crippen LogP contribution in [-0.4, -0.2) is 13.2 Å². The molecule has 0 N–H and O–H groups in total. The van der Waals surface area contributed by atoms with Gasteiger partial charge in [-0.15, -0.1) is 11.6 Å². The van der Waals surface area contributed by atoms with Crippen LogP contribution in [0.2, 0.25) is 0 Å². The Bertz CT molecular complexity index is 458. The average Bonchev–Trinajstić information content (AvgIpc) is 2.50. The lowest BCUT2D eigenvalue weighted by atomic mass is 9.84. The van der Waals surface area contributed by atoms with E-state index in [-0.39, 0.29) is 5.38 Å². The summed E-state index contributed by atoms with van der Waals surface area (Å²) in [6, 6.07) is 4.03. The third-order valence-electron chi connectivity index (χ3n) is 4.02. The van der Waals surface area contributed by atoms with Crippen molar-refractivity contribution in [2.45, 2.75) is 51.3 Å². The highest BCUT2D eigenvalue weighted by atomic mass is 79.9. The standard InChI is InChI=1S/C17H24BrClO2/c1-3-20-15-10-13(14(18)11-16(15)21-4-2)17(19)12-8-6-5-7-9-12/h10-12,17H,3-9H2,1-2H3. The lowest BCUT2D eigenvalue weighted by molar-refractivity contribution is 0.286. The van der Waals surface area contributed by atoms with Crippen molar-refractivity contribution in [1.29, 1.82) is 0 Å². The molecule has 1 fully saturated rings. The molecule has 2 nitrogen and oxygen atoms in total. The number of alkyl halides is 1. The monoisotopic (exact) mass is 374 g/mol. The summed E-state index contributed by atoms with van der Waals surface area (Å²) in [5.41, 5.74) is 1.12. The van der Waals surface area contributed by atoms with Gasteiger partial charge in [0.2, 0.25) is 0 Å². The minimum atomic E-state index is 0.0366. The Hall–Kier alpha value is -0.410. The van der Waals surface area contributed by atoms with Crippen molar-refractivity contribution in [3.05, 3.63) is 22.2 Å². The van der Waals surface area contributed by atoms with Crippen molar-refractivity contribution in [2.75, 3.05) is 13.2 Å².